The van der Waals surface area contributed by atoms with E-state index in [1.807, 2.05) is 0 Å². The molecule has 0 atom stereocenters. The third-order valence-corrected chi connectivity index (χ3v) is 3.59. The van der Waals surface area contributed by atoms with Gasteiger partial charge in [-0.1, -0.05) is 15.9 Å². The van der Waals surface area contributed by atoms with E-state index < -0.39 is 11.9 Å². The Hall–Kier alpha value is -1.73. The van der Waals surface area contributed by atoms with E-state index >= 15 is 0 Å². The zero-order valence-electron chi connectivity index (χ0n) is 9.93. The number of pyridine rings is 1. The number of anilines is 1. The maximum atomic E-state index is 12.1. The molecule has 7 heteroatoms. The number of amides is 1. The fourth-order valence-electron chi connectivity index (χ4n) is 1.55. The van der Waals surface area contributed by atoms with Crippen molar-refractivity contribution in [2.75, 3.05) is 5.32 Å². The van der Waals surface area contributed by atoms with Crippen LogP contribution in [0.3, 0.4) is 0 Å². The average molecular weight is 400 g/mol. The molecule has 2 N–H and O–H groups in total. The number of carbonyl (C=O) groups is 2. The molecule has 0 aliphatic carbocycles. The molecular formula is C13H8Br2N2O3. The number of carboxylic acids is 1. The van der Waals surface area contributed by atoms with E-state index in [0.717, 1.165) is 0 Å². The lowest BCUT2D eigenvalue weighted by Crippen LogP contribution is -2.15. The average Bonchev–Trinajstić information content (AvgIpc) is 2.41. The van der Waals surface area contributed by atoms with Gasteiger partial charge in [-0.2, -0.15) is 0 Å². The molecule has 2 aromatic rings. The quantitative estimate of drug-likeness (QED) is 0.773. The highest BCUT2D eigenvalue weighted by Gasteiger charge is 2.15. The van der Waals surface area contributed by atoms with Gasteiger partial charge < -0.3 is 10.4 Å². The van der Waals surface area contributed by atoms with Crippen LogP contribution in [0.1, 0.15) is 20.7 Å². The minimum absolute atomic E-state index is 0.00716. The number of rotatable bonds is 3. The highest BCUT2D eigenvalue weighted by Crippen LogP contribution is 2.22. The molecule has 0 radical (unpaired) electrons. The monoisotopic (exact) mass is 398 g/mol. The summed E-state index contributed by atoms with van der Waals surface area (Å²) in [7, 11) is 0. The molecule has 0 saturated heterocycles. The zero-order chi connectivity index (χ0) is 14.7. The fourth-order valence-corrected chi connectivity index (χ4v) is 2.34. The van der Waals surface area contributed by atoms with E-state index in [1.54, 1.807) is 24.4 Å². The van der Waals surface area contributed by atoms with Crippen LogP contribution in [0, 0.1) is 0 Å². The predicted octanol–water partition coefficient (Wildman–Crippen LogP) is 3.56. The standard InChI is InChI=1S/C13H8Br2N2O3/c14-7-3-4-10(9(6-7)13(19)20)17-12(18)8-2-1-5-16-11(8)15/h1-6H,(H,17,18)(H,19,20). The number of benzene rings is 1. The molecule has 0 fully saturated rings. The normalized spacial score (nSPS) is 10.1. The van der Waals surface area contributed by atoms with Crippen molar-refractivity contribution < 1.29 is 14.7 Å². The number of hydrogen-bond donors (Lipinski definition) is 2. The summed E-state index contributed by atoms with van der Waals surface area (Å²) in [6, 6.07) is 7.82. The molecule has 1 heterocycles. The van der Waals surface area contributed by atoms with Crippen LogP contribution in [0.5, 0.6) is 0 Å². The first-order valence-corrected chi connectivity index (χ1v) is 7.02. The van der Waals surface area contributed by atoms with Crippen LogP contribution in [0.25, 0.3) is 0 Å². The van der Waals surface area contributed by atoms with Gasteiger partial charge in [0.05, 0.1) is 16.8 Å². The Morgan fingerprint density at radius 2 is 1.90 bits per heavy atom. The predicted molar refractivity (Wildman–Crippen MR) is 81.0 cm³/mol. The number of hydrogen-bond acceptors (Lipinski definition) is 3. The van der Waals surface area contributed by atoms with Crippen molar-refractivity contribution in [3.05, 3.63) is 56.7 Å². The Labute approximate surface area is 131 Å². The molecule has 1 aromatic heterocycles. The lowest BCUT2D eigenvalue weighted by molar-refractivity contribution is 0.0698. The summed E-state index contributed by atoms with van der Waals surface area (Å²) in [5, 5.41) is 11.7. The van der Waals surface area contributed by atoms with E-state index in [1.165, 1.54) is 12.1 Å². The minimum Gasteiger partial charge on any atom is -0.478 e. The SMILES string of the molecule is O=C(O)c1cc(Br)ccc1NC(=O)c1cccnc1Br. The Balaban J connectivity index is 2.33. The van der Waals surface area contributed by atoms with Crippen LogP contribution in [-0.2, 0) is 0 Å². The molecule has 0 saturated carbocycles. The first kappa shape index (κ1) is 14.7. The second-order valence-electron chi connectivity index (χ2n) is 3.79. The van der Waals surface area contributed by atoms with E-state index in [4.69, 9.17) is 5.11 Å². The number of carbonyl (C=O) groups excluding carboxylic acids is 1. The van der Waals surface area contributed by atoms with Crippen molar-refractivity contribution in [2.24, 2.45) is 0 Å². The van der Waals surface area contributed by atoms with E-state index in [0.29, 0.717) is 14.6 Å². The largest absolute Gasteiger partial charge is 0.478 e. The van der Waals surface area contributed by atoms with Gasteiger partial charge in [-0.05, 0) is 46.3 Å². The Morgan fingerprint density at radius 3 is 2.55 bits per heavy atom. The van der Waals surface area contributed by atoms with Gasteiger partial charge in [0, 0.05) is 10.7 Å². The molecule has 2 rings (SSSR count). The van der Waals surface area contributed by atoms with Crippen LogP contribution in [0.2, 0.25) is 0 Å². The van der Waals surface area contributed by atoms with Crippen molar-refractivity contribution in [2.45, 2.75) is 0 Å². The number of halogens is 2. The molecule has 0 spiro atoms. The molecule has 0 unspecified atom stereocenters. The second kappa shape index (κ2) is 6.15. The highest BCUT2D eigenvalue weighted by atomic mass is 79.9. The molecule has 1 aromatic carbocycles. The highest BCUT2D eigenvalue weighted by molar-refractivity contribution is 9.10. The third-order valence-electron chi connectivity index (χ3n) is 2.46. The summed E-state index contributed by atoms with van der Waals surface area (Å²) in [6.45, 7) is 0. The third kappa shape index (κ3) is 3.23. The number of aromatic carboxylic acids is 1. The van der Waals surface area contributed by atoms with Crippen LogP contribution in [-0.4, -0.2) is 22.0 Å². The van der Waals surface area contributed by atoms with Crippen molar-refractivity contribution in [3.8, 4) is 0 Å². The van der Waals surface area contributed by atoms with Crippen LogP contribution >= 0.6 is 31.9 Å². The second-order valence-corrected chi connectivity index (χ2v) is 5.46. The Morgan fingerprint density at radius 1 is 1.15 bits per heavy atom. The topological polar surface area (TPSA) is 79.3 Å². The van der Waals surface area contributed by atoms with E-state index in [-0.39, 0.29) is 11.3 Å². The number of nitrogens with one attached hydrogen (secondary N) is 1. The fraction of sp³-hybridized carbons (Fsp3) is 0. The molecule has 0 bridgehead atoms. The van der Waals surface area contributed by atoms with E-state index in [9.17, 15) is 9.59 Å². The maximum Gasteiger partial charge on any atom is 0.337 e. The van der Waals surface area contributed by atoms with Gasteiger partial charge in [-0.15, -0.1) is 0 Å². The maximum absolute atomic E-state index is 12.1. The number of nitrogens with zero attached hydrogens (tertiary/aromatic N) is 1. The van der Waals surface area contributed by atoms with Gasteiger partial charge >= 0.3 is 5.97 Å². The minimum atomic E-state index is -1.12. The summed E-state index contributed by atoms with van der Waals surface area (Å²) in [4.78, 5) is 27.2. The summed E-state index contributed by atoms with van der Waals surface area (Å²) in [6.07, 6.45) is 1.54. The van der Waals surface area contributed by atoms with Crippen molar-refractivity contribution in [1.29, 1.82) is 0 Å². The van der Waals surface area contributed by atoms with Crippen LogP contribution in [0.15, 0.2) is 45.6 Å². The summed E-state index contributed by atoms with van der Waals surface area (Å²) < 4.78 is 1.02. The summed E-state index contributed by atoms with van der Waals surface area (Å²) in [5.74, 6) is -1.55. The first-order valence-electron chi connectivity index (χ1n) is 5.44. The van der Waals surface area contributed by atoms with Crippen LogP contribution < -0.4 is 5.32 Å². The summed E-state index contributed by atoms with van der Waals surface area (Å²) >= 11 is 6.37. The van der Waals surface area contributed by atoms with Crippen molar-refractivity contribution in [1.82, 2.24) is 4.98 Å². The van der Waals surface area contributed by atoms with Crippen LogP contribution in [0.4, 0.5) is 5.69 Å². The molecular weight excluding hydrogens is 392 g/mol. The van der Waals surface area contributed by atoms with Crippen molar-refractivity contribution >= 4 is 49.4 Å². The number of aromatic nitrogens is 1. The van der Waals surface area contributed by atoms with Gasteiger partial charge in [0.15, 0.2) is 0 Å². The van der Waals surface area contributed by atoms with Gasteiger partial charge in [-0.3, -0.25) is 4.79 Å². The Bertz CT molecular complexity index is 689. The molecule has 0 aliphatic heterocycles. The smallest absolute Gasteiger partial charge is 0.337 e. The molecule has 102 valence electrons. The summed E-state index contributed by atoms with van der Waals surface area (Å²) in [5.41, 5.74) is 0.556. The lowest BCUT2D eigenvalue weighted by atomic mass is 10.1. The first-order chi connectivity index (χ1) is 9.49. The lowest BCUT2D eigenvalue weighted by Gasteiger charge is -2.09. The van der Waals surface area contributed by atoms with E-state index in [2.05, 4.69) is 42.2 Å². The molecule has 1 amide bonds. The molecule has 0 aliphatic rings. The van der Waals surface area contributed by atoms with Gasteiger partial charge in [0.2, 0.25) is 0 Å². The number of carboxylic acid groups (broad SMARTS) is 1. The zero-order valence-corrected chi connectivity index (χ0v) is 13.1. The molecule has 5 nitrogen and oxygen atoms in total. The van der Waals surface area contributed by atoms with Crippen molar-refractivity contribution in [3.63, 3.8) is 0 Å². The van der Waals surface area contributed by atoms with Gasteiger partial charge in [0.25, 0.3) is 5.91 Å². The molecule has 20 heavy (non-hydrogen) atoms. The van der Waals surface area contributed by atoms with Gasteiger partial charge in [0.1, 0.15) is 4.60 Å². The van der Waals surface area contributed by atoms with Gasteiger partial charge in [-0.25, -0.2) is 9.78 Å². The Kier molecular flexibility index (Phi) is 4.51.